The molecule has 6 heteroatoms. The van der Waals surface area contributed by atoms with Gasteiger partial charge in [-0.3, -0.25) is 4.57 Å². The van der Waals surface area contributed by atoms with E-state index < -0.39 is 0 Å². The fraction of sp³-hybridized carbons (Fsp3) is 0.241. The van der Waals surface area contributed by atoms with Crippen molar-refractivity contribution in [3.05, 3.63) is 82.3 Å². The van der Waals surface area contributed by atoms with Gasteiger partial charge in [0.2, 0.25) is 0 Å². The minimum atomic E-state index is -0.390. The van der Waals surface area contributed by atoms with E-state index in [0.717, 1.165) is 16.5 Å². The van der Waals surface area contributed by atoms with Crippen molar-refractivity contribution >= 4 is 10.9 Å². The Kier molecular flexibility index (Phi) is 7.07. The number of nitrogens with zero attached hydrogens (tertiary/aromatic N) is 2. The van der Waals surface area contributed by atoms with Crippen molar-refractivity contribution in [3.8, 4) is 40.8 Å². The van der Waals surface area contributed by atoms with Crippen LogP contribution in [0.5, 0.6) is 17.2 Å². The SMILES string of the molecule is C#CCOc1cccc2c(-c3ccc(C(C)C)cc3)nc(=O)n(Cc3cc(OC)cc(OC)c3)c12. The van der Waals surface area contributed by atoms with Crippen LogP contribution >= 0.6 is 0 Å². The zero-order valence-corrected chi connectivity index (χ0v) is 20.4. The molecule has 6 nitrogen and oxygen atoms in total. The molecule has 0 aliphatic heterocycles. The van der Waals surface area contributed by atoms with Gasteiger partial charge in [0.05, 0.1) is 32.0 Å². The zero-order chi connectivity index (χ0) is 24.9. The highest BCUT2D eigenvalue weighted by molar-refractivity contribution is 5.95. The quantitative estimate of drug-likeness (QED) is 0.330. The van der Waals surface area contributed by atoms with Crippen molar-refractivity contribution in [1.29, 1.82) is 0 Å². The Morgan fingerprint density at radius 1 is 1.00 bits per heavy atom. The molecular formula is C29H28N2O4. The Hall–Kier alpha value is -4.24. The fourth-order valence-electron chi connectivity index (χ4n) is 4.07. The van der Waals surface area contributed by atoms with E-state index in [2.05, 4.69) is 36.9 Å². The van der Waals surface area contributed by atoms with Crippen molar-refractivity contribution in [1.82, 2.24) is 9.55 Å². The van der Waals surface area contributed by atoms with Gasteiger partial charge in [0.1, 0.15) is 23.9 Å². The van der Waals surface area contributed by atoms with Gasteiger partial charge in [-0.05, 0) is 35.2 Å². The van der Waals surface area contributed by atoms with Crippen LogP contribution in [0.1, 0.15) is 30.9 Å². The second kappa shape index (κ2) is 10.4. The van der Waals surface area contributed by atoms with E-state index in [0.29, 0.717) is 34.4 Å². The molecule has 0 amide bonds. The Bertz CT molecular complexity index is 1420. The third kappa shape index (κ3) is 4.99. The summed E-state index contributed by atoms with van der Waals surface area (Å²) >= 11 is 0. The van der Waals surface area contributed by atoms with E-state index in [1.54, 1.807) is 24.9 Å². The number of methoxy groups -OCH3 is 2. The van der Waals surface area contributed by atoms with Crippen LogP contribution in [0.15, 0.2) is 65.5 Å². The van der Waals surface area contributed by atoms with Crippen molar-refractivity contribution in [2.75, 3.05) is 20.8 Å². The van der Waals surface area contributed by atoms with E-state index >= 15 is 0 Å². The lowest BCUT2D eigenvalue weighted by Gasteiger charge is -2.17. The van der Waals surface area contributed by atoms with Gasteiger partial charge in [-0.2, -0.15) is 4.98 Å². The van der Waals surface area contributed by atoms with Crippen LogP contribution in [0.4, 0.5) is 0 Å². The number of terminal acetylenes is 1. The Labute approximate surface area is 205 Å². The van der Waals surface area contributed by atoms with E-state index in [1.165, 1.54) is 5.56 Å². The number of para-hydroxylation sites is 1. The first-order valence-electron chi connectivity index (χ1n) is 11.4. The molecule has 0 unspecified atom stereocenters. The number of fused-ring (bicyclic) bond motifs is 1. The highest BCUT2D eigenvalue weighted by Gasteiger charge is 2.17. The van der Waals surface area contributed by atoms with Crippen LogP contribution in [0.2, 0.25) is 0 Å². The second-order valence-corrected chi connectivity index (χ2v) is 8.47. The molecule has 0 spiro atoms. The summed E-state index contributed by atoms with van der Waals surface area (Å²) in [5.74, 6) is 4.70. The summed E-state index contributed by atoms with van der Waals surface area (Å²) in [6.07, 6.45) is 5.45. The lowest BCUT2D eigenvalue weighted by atomic mass is 9.99. The van der Waals surface area contributed by atoms with E-state index in [-0.39, 0.29) is 18.8 Å². The molecule has 1 heterocycles. The molecule has 0 N–H and O–H groups in total. The van der Waals surface area contributed by atoms with E-state index in [9.17, 15) is 4.79 Å². The lowest BCUT2D eigenvalue weighted by Crippen LogP contribution is -2.25. The second-order valence-electron chi connectivity index (χ2n) is 8.47. The average molecular weight is 469 g/mol. The molecule has 0 fully saturated rings. The number of benzene rings is 3. The standard InChI is InChI=1S/C29H28N2O4/c1-6-14-35-26-9-7-8-25-27(22-12-10-21(11-13-22)19(2)3)30-29(32)31(28(25)26)18-20-15-23(33-4)17-24(16-20)34-5/h1,7-13,15-17,19H,14,18H2,2-5H3. The first-order chi connectivity index (χ1) is 16.9. The summed E-state index contributed by atoms with van der Waals surface area (Å²) in [5, 5.41) is 0.797. The third-order valence-electron chi connectivity index (χ3n) is 5.88. The summed E-state index contributed by atoms with van der Waals surface area (Å²) in [5.41, 5.74) is 3.75. The molecular weight excluding hydrogens is 440 g/mol. The van der Waals surface area contributed by atoms with Gasteiger partial charge < -0.3 is 14.2 Å². The normalized spacial score (nSPS) is 10.9. The highest BCUT2D eigenvalue weighted by atomic mass is 16.5. The fourth-order valence-corrected chi connectivity index (χ4v) is 4.07. The van der Waals surface area contributed by atoms with Gasteiger partial charge in [0.15, 0.2) is 0 Å². The minimum absolute atomic E-state index is 0.0844. The Morgan fingerprint density at radius 3 is 2.29 bits per heavy atom. The monoisotopic (exact) mass is 468 g/mol. The minimum Gasteiger partial charge on any atom is -0.497 e. The average Bonchev–Trinajstić information content (AvgIpc) is 2.88. The first-order valence-corrected chi connectivity index (χ1v) is 11.4. The van der Waals surface area contributed by atoms with Crippen LogP contribution in [-0.2, 0) is 6.54 Å². The molecule has 0 bridgehead atoms. The van der Waals surface area contributed by atoms with Gasteiger partial charge in [0.25, 0.3) is 0 Å². The number of hydrogen-bond acceptors (Lipinski definition) is 5. The van der Waals surface area contributed by atoms with Crippen molar-refractivity contribution in [2.24, 2.45) is 0 Å². The lowest BCUT2D eigenvalue weighted by molar-refractivity contribution is 0.372. The van der Waals surface area contributed by atoms with Crippen LogP contribution in [0.3, 0.4) is 0 Å². The van der Waals surface area contributed by atoms with E-state index in [4.69, 9.17) is 20.6 Å². The molecule has 0 aliphatic rings. The molecule has 35 heavy (non-hydrogen) atoms. The smallest absolute Gasteiger partial charge is 0.349 e. The maximum atomic E-state index is 13.4. The molecule has 3 aromatic carbocycles. The largest absolute Gasteiger partial charge is 0.497 e. The predicted molar refractivity (Wildman–Crippen MR) is 139 cm³/mol. The molecule has 0 aliphatic carbocycles. The number of hydrogen-bond donors (Lipinski definition) is 0. The molecule has 1 aromatic heterocycles. The summed E-state index contributed by atoms with van der Waals surface area (Å²) < 4.78 is 18.3. The number of rotatable bonds is 8. The van der Waals surface area contributed by atoms with Crippen LogP contribution < -0.4 is 19.9 Å². The van der Waals surface area contributed by atoms with E-state index in [1.807, 2.05) is 42.5 Å². The van der Waals surface area contributed by atoms with Crippen molar-refractivity contribution in [3.63, 3.8) is 0 Å². The van der Waals surface area contributed by atoms with Gasteiger partial charge >= 0.3 is 5.69 Å². The summed E-state index contributed by atoms with van der Waals surface area (Å²) in [4.78, 5) is 17.9. The van der Waals surface area contributed by atoms with Crippen molar-refractivity contribution < 1.29 is 14.2 Å². The highest BCUT2D eigenvalue weighted by Crippen LogP contribution is 2.33. The molecule has 4 rings (SSSR count). The third-order valence-corrected chi connectivity index (χ3v) is 5.88. The molecule has 178 valence electrons. The van der Waals surface area contributed by atoms with Crippen LogP contribution in [0.25, 0.3) is 22.2 Å². The van der Waals surface area contributed by atoms with Gasteiger partial charge in [-0.25, -0.2) is 4.79 Å². The predicted octanol–water partition coefficient (Wildman–Crippen LogP) is 5.26. The maximum absolute atomic E-state index is 13.4. The van der Waals surface area contributed by atoms with Crippen LogP contribution in [-0.4, -0.2) is 30.4 Å². The molecule has 4 aromatic rings. The van der Waals surface area contributed by atoms with Gasteiger partial charge in [-0.1, -0.05) is 56.2 Å². The summed E-state index contributed by atoms with van der Waals surface area (Å²) in [7, 11) is 3.18. The Morgan fingerprint density at radius 2 is 1.69 bits per heavy atom. The topological polar surface area (TPSA) is 62.6 Å². The van der Waals surface area contributed by atoms with Gasteiger partial charge in [0, 0.05) is 17.0 Å². The number of aromatic nitrogens is 2. The summed E-state index contributed by atoms with van der Waals surface area (Å²) in [6.45, 7) is 4.62. The molecule has 0 saturated carbocycles. The molecule has 0 atom stereocenters. The zero-order valence-electron chi connectivity index (χ0n) is 20.4. The maximum Gasteiger partial charge on any atom is 0.349 e. The molecule has 0 radical (unpaired) electrons. The number of ether oxygens (including phenoxy) is 3. The summed E-state index contributed by atoms with van der Waals surface area (Å²) in [6, 6.07) is 19.3. The molecule has 0 saturated heterocycles. The van der Waals surface area contributed by atoms with Gasteiger partial charge in [-0.15, -0.1) is 6.42 Å². The first kappa shape index (κ1) is 23.9. The van der Waals surface area contributed by atoms with Crippen molar-refractivity contribution in [2.45, 2.75) is 26.3 Å². The Balaban J connectivity index is 1.93. The van der Waals surface area contributed by atoms with Crippen LogP contribution in [0, 0.1) is 12.3 Å².